The molecule has 1 aromatic carbocycles. The van der Waals surface area contributed by atoms with Crippen LogP contribution < -0.4 is 21.4 Å². The van der Waals surface area contributed by atoms with E-state index in [1.54, 1.807) is 13.2 Å². The summed E-state index contributed by atoms with van der Waals surface area (Å²) < 4.78 is 10.5. The molecule has 0 fully saturated rings. The molecule has 3 N–H and O–H groups in total. The Kier molecular flexibility index (Phi) is 8.45. The molecular weight excluding hydrogens is 344 g/mol. The van der Waals surface area contributed by atoms with Crippen molar-refractivity contribution in [1.82, 2.24) is 5.32 Å². The average molecular weight is 369 g/mol. The summed E-state index contributed by atoms with van der Waals surface area (Å²) in [5.41, 5.74) is 6.90. The second kappa shape index (κ2) is 10.1. The maximum atomic E-state index is 12.2. The lowest BCUT2D eigenvalue weighted by Crippen LogP contribution is -2.26. The summed E-state index contributed by atoms with van der Waals surface area (Å²) in [4.78, 5) is 24.1. The van der Waals surface area contributed by atoms with Gasteiger partial charge in [0.25, 0.3) is 0 Å². The van der Waals surface area contributed by atoms with E-state index in [-0.39, 0.29) is 24.7 Å². The van der Waals surface area contributed by atoms with Crippen LogP contribution in [0.3, 0.4) is 0 Å². The van der Waals surface area contributed by atoms with Gasteiger partial charge in [-0.3, -0.25) is 4.79 Å². The number of nitrogens with one attached hydrogen (secondary N) is 1. The minimum absolute atomic E-state index is 0. The number of carbonyl (C=O) groups is 1. The zero-order valence-corrected chi connectivity index (χ0v) is 15.4. The molecule has 0 saturated heterocycles. The molecule has 0 bridgehead atoms. The summed E-state index contributed by atoms with van der Waals surface area (Å²) in [7, 11) is 1.56. The Balaban J connectivity index is 0.00000312. The molecule has 0 saturated carbocycles. The molecule has 6 nitrogen and oxygen atoms in total. The number of carbonyl (C=O) groups excluding carboxylic acids is 1. The zero-order chi connectivity index (χ0) is 17.5. The smallest absolute Gasteiger partial charge is 0.339 e. The fraction of sp³-hybridized carbons (Fsp3) is 0.444. The number of rotatable bonds is 8. The minimum Gasteiger partial charge on any atom is -0.497 e. The standard InChI is InChI=1S/C18H24N2O4.ClH/c1-12-14-6-5-13(23-2)11-16(14)24-18(22)15(12)7-8-17(21)20-10-4-3-9-19;/h5-6,11H,3-4,7-10,19H2,1-2H3,(H,20,21);1H. The van der Waals surface area contributed by atoms with Crippen molar-refractivity contribution >= 4 is 29.3 Å². The van der Waals surface area contributed by atoms with Crippen LogP contribution in [-0.2, 0) is 11.2 Å². The van der Waals surface area contributed by atoms with Crippen molar-refractivity contribution in [3.05, 3.63) is 39.7 Å². The van der Waals surface area contributed by atoms with Gasteiger partial charge in [0.15, 0.2) is 0 Å². The SMILES string of the molecule is COc1ccc2c(C)c(CCC(=O)NCCCCN)c(=O)oc2c1.Cl. The van der Waals surface area contributed by atoms with Crippen molar-refractivity contribution in [3.8, 4) is 5.75 Å². The minimum atomic E-state index is -0.399. The lowest BCUT2D eigenvalue weighted by Gasteiger charge is -2.09. The van der Waals surface area contributed by atoms with Crippen LogP contribution >= 0.6 is 12.4 Å². The van der Waals surface area contributed by atoms with Crippen LogP contribution in [0.4, 0.5) is 0 Å². The number of ether oxygens (including phenoxy) is 1. The van der Waals surface area contributed by atoms with E-state index in [1.807, 2.05) is 19.1 Å². The quantitative estimate of drug-likeness (QED) is 0.550. The molecule has 2 aromatic rings. The van der Waals surface area contributed by atoms with Gasteiger partial charge in [0.05, 0.1) is 7.11 Å². The molecule has 0 aliphatic heterocycles. The van der Waals surface area contributed by atoms with Gasteiger partial charge in [-0.15, -0.1) is 12.4 Å². The van der Waals surface area contributed by atoms with Gasteiger partial charge < -0.3 is 20.2 Å². The molecule has 0 aliphatic rings. The summed E-state index contributed by atoms with van der Waals surface area (Å²) >= 11 is 0. The fourth-order valence-electron chi connectivity index (χ4n) is 2.61. The first kappa shape index (κ1) is 21.0. The van der Waals surface area contributed by atoms with E-state index in [2.05, 4.69) is 5.32 Å². The van der Waals surface area contributed by atoms with Crippen LogP contribution in [0.25, 0.3) is 11.0 Å². The third kappa shape index (κ3) is 5.47. The molecule has 1 amide bonds. The molecule has 1 aromatic heterocycles. The summed E-state index contributed by atoms with van der Waals surface area (Å²) in [5.74, 6) is 0.565. The van der Waals surface area contributed by atoms with E-state index in [9.17, 15) is 9.59 Å². The van der Waals surface area contributed by atoms with Crippen molar-refractivity contribution in [3.63, 3.8) is 0 Å². The Morgan fingerprint density at radius 2 is 2.08 bits per heavy atom. The first-order valence-corrected chi connectivity index (χ1v) is 8.14. The number of methoxy groups -OCH3 is 1. The van der Waals surface area contributed by atoms with Crippen LogP contribution in [-0.4, -0.2) is 26.1 Å². The van der Waals surface area contributed by atoms with E-state index in [0.29, 0.717) is 36.4 Å². The van der Waals surface area contributed by atoms with Gasteiger partial charge in [-0.1, -0.05) is 0 Å². The lowest BCUT2D eigenvalue weighted by molar-refractivity contribution is -0.121. The summed E-state index contributed by atoms with van der Waals surface area (Å²) in [6, 6.07) is 5.38. The van der Waals surface area contributed by atoms with Gasteiger partial charge in [0.1, 0.15) is 11.3 Å². The molecular formula is C18H25ClN2O4. The molecule has 7 heteroatoms. The summed E-state index contributed by atoms with van der Waals surface area (Å²) in [5, 5.41) is 3.69. The van der Waals surface area contributed by atoms with Gasteiger partial charge >= 0.3 is 5.63 Å². The number of halogens is 1. The third-order valence-corrected chi connectivity index (χ3v) is 4.05. The molecule has 0 radical (unpaired) electrons. The molecule has 1 heterocycles. The van der Waals surface area contributed by atoms with E-state index < -0.39 is 5.63 Å². The molecule has 2 rings (SSSR count). The normalized spacial score (nSPS) is 10.4. The Morgan fingerprint density at radius 1 is 1.32 bits per heavy atom. The average Bonchev–Trinajstić information content (AvgIpc) is 2.58. The Labute approximate surface area is 153 Å². The van der Waals surface area contributed by atoms with E-state index in [1.165, 1.54) is 0 Å². The van der Waals surface area contributed by atoms with E-state index in [4.69, 9.17) is 14.9 Å². The highest BCUT2D eigenvalue weighted by Gasteiger charge is 2.13. The monoisotopic (exact) mass is 368 g/mol. The summed E-state index contributed by atoms with van der Waals surface area (Å²) in [6.07, 6.45) is 2.37. The molecule has 25 heavy (non-hydrogen) atoms. The van der Waals surface area contributed by atoms with Crippen molar-refractivity contribution in [2.75, 3.05) is 20.2 Å². The lowest BCUT2D eigenvalue weighted by atomic mass is 10.0. The predicted octanol–water partition coefficient (Wildman–Crippen LogP) is 2.32. The molecule has 0 atom stereocenters. The Hall–Kier alpha value is -2.05. The second-order valence-electron chi connectivity index (χ2n) is 5.70. The first-order chi connectivity index (χ1) is 11.6. The Morgan fingerprint density at radius 3 is 2.76 bits per heavy atom. The van der Waals surface area contributed by atoms with Crippen molar-refractivity contribution < 1.29 is 13.9 Å². The van der Waals surface area contributed by atoms with Crippen LogP contribution in [0.1, 0.15) is 30.4 Å². The molecule has 0 spiro atoms. The number of unbranched alkanes of at least 4 members (excludes halogenated alkanes) is 1. The van der Waals surface area contributed by atoms with E-state index in [0.717, 1.165) is 23.8 Å². The number of amides is 1. The highest BCUT2D eigenvalue weighted by molar-refractivity contribution is 5.85. The number of hydrogen-bond acceptors (Lipinski definition) is 5. The predicted molar refractivity (Wildman–Crippen MR) is 101 cm³/mol. The molecule has 0 aliphatic carbocycles. The van der Waals surface area contributed by atoms with Crippen molar-refractivity contribution in [2.24, 2.45) is 5.73 Å². The second-order valence-corrected chi connectivity index (χ2v) is 5.70. The van der Waals surface area contributed by atoms with Gasteiger partial charge in [0.2, 0.25) is 5.91 Å². The zero-order valence-electron chi connectivity index (χ0n) is 14.6. The summed E-state index contributed by atoms with van der Waals surface area (Å²) in [6.45, 7) is 3.11. The number of hydrogen-bond donors (Lipinski definition) is 2. The number of benzene rings is 1. The van der Waals surface area contributed by atoms with Gasteiger partial charge in [-0.25, -0.2) is 4.79 Å². The maximum Gasteiger partial charge on any atom is 0.339 e. The third-order valence-electron chi connectivity index (χ3n) is 4.05. The van der Waals surface area contributed by atoms with Gasteiger partial charge in [0, 0.05) is 30.0 Å². The largest absolute Gasteiger partial charge is 0.497 e. The Bertz CT molecular complexity index is 773. The van der Waals surface area contributed by atoms with Crippen LogP contribution in [0.2, 0.25) is 0 Å². The topological polar surface area (TPSA) is 94.6 Å². The van der Waals surface area contributed by atoms with Crippen molar-refractivity contribution in [1.29, 1.82) is 0 Å². The van der Waals surface area contributed by atoms with Crippen LogP contribution in [0, 0.1) is 6.92 Å². The van der Waals surface area contributed by atoms with Crippen LogP contribution in [0.15, 0.2) is 27.4 Å². The first-order valence-electron chi connectivity index (χ1n) is 8.14. The number of nitrogens with two attached hydrogens (primary N) is 1. The molecule has 0 unspecified atom stereocenters. The van der Waals surface area contributed by atoms with E-state index >= 15 is 0 Å². The fourth-order valence-corrected chi connectivity index (χ4v) is 2.61. The number of aryl methyl sites for hydroxylation is 1. The van der Waals surface area contributed by atoms with Gasteiger partial charge in [-0.05, 0) is 50.4 Å². The highest BCUT2D eigenvalue weighted by Crippen LogP contribution is 2.24. The van der Waals surface area contributed by atoms with Gasteiger partial charge in [-0.2, -0.15) is 0 Å². The number of fused-ring (bicyclic) bond motifs is 1. The highest BCUT2D eigenvalue weighted by atomic mass is 35.5. The molecule has 138 valence electrons. The van der Waals surface area contributed by atoms with Crippen LogP contribution in [0.5, 0.6) is 5.75 Å². The maximum absolute atomic E-state index is 12.2. The van der Waals surface area contributed by atoms with Crippen molar-refractivity contribution in [2.45, 2.75) is 32.6 Å².